The molecule has 0 amide bonds. The normalized spacial score (nSPS) is 25.2. The van der Waals surface area contributed by atoms with Crippen molar-refractivity contribution in [3.63, 3.8) is 0 Å². The lowest BCUT2D eigenvalue weighted by Gasteiger charge is -2.16. The molecule has 1 aromatic rings. The van der Waals surface area contributed by atoms with Gasteiger partial charge in [-0.3, -0.25) is 0 Å². The molecule has 1 aliphatic carbocycles. The first-order valence-electron chi connectivity index (χ1n) is 5.86. The maximum absolute atomic E-state index is 10.7. The van der Waals surface area contributed by atoms with Gasteiger partial charge >= 0.3 is 0 Å². The number of hydrogen-bond acceptors (Lipinski definition) is 3. The molecule has 1 aromatic carbocycles. The van der Waals surface area contributed by atoms with E-state index in [1.54, 1.807) is 0 Å². The maximum Gasteiger partial charge on any atom is 0.127 e. The van der Waals surface area contributed by atoms with Crippen molar-refractivity contribution in [2.75, 3.05) is 13.2 Å². The number of benzene rings is 1. The number of rotatable bonds is 4. The molecule has 2 atom stereocenters. The number of ether oxygens (including phenoxy) is 2. The van der Waals surface area contributed by atoms with Crippen LogP contribution in [0.4, 0.5) is 0 Å². The minimum Gasteiger partial charge on any atom is -0.491 e. The fraction of sp³-hybridized carbons (Fsp3) is 0.357. The van der Waals surface area contributed by atoms with Gasteiger partial charge in [-0.15, -0.1) is 0 Å². The lowest BCUT2D eigenvalue weighted by molar-refractivity contribution is -0.109. The summed E-state index contributed by atoms with van der Waals surface area (Å²) in [6.45, 7) is 1.44. The molecule has 1 saturated heterocycles. The summed E-state index contributed by atoms with van der Waals surface area (Å²) in [4.78, 5) is 10.7. The SMILES string of the molecule is O=CC1C=Cc2cc(OCC3CO3)ccc2C1. The summed E-state index contributed by atoms with van der Waals surface area (Å²) in [5.41, 5.74) is 2.36. The van der Waals surface area contributed by atoms with E-state index in [4.69, 9.17) is 9.47 Å². The molecule has 0 saturated carbocycles. The second-order valence-electron chi connectivity index (χ2n) is 4.49. The number of carbonyl (C=O) groups excluding carboxylic acids is 1. The van der Waals surface area contributed by atoms with Gasteiger partial charge in [0.25, 0.3) is 0 Å². The second kappa shape index (κ2) is 4.34. The average molecular weight is 230 g/mol. The first kappa shape index (κ1) is 10.5. The van der Waals surface area contributed by atoms with Gasteiger partial charge < -0.3 is 14.3 Å². The van der Waals surface area contributed by atoms with Crippen LogP contribution in [0.2, 0.25) is 0 Å². The van der Waals surface area contributed by atoms with Gasteiger partial charge in [0.1, 0.15) is 24.7 Å². The fourth-order valence-corrected chi connectivity index (χ4v) is 2.00. The molecule has 0 aromatic heterocycles. The van der Waals surface area contributed by atoms with Gasteiger partial charge in [-0.2, -0.15) is 0 Å². The molecule has 2 unspecified atom stereocenters. The van der Waals surface area contributed by atoms with E-state index in [9.17, 15) is 4.79 Å². The van der Waals surface area contributed by atoms with E-state index in [0.717, 1.165) is 30.6 Å². The standard InChI is InChI=1S/C14H14O3/c15-7-10-1-2-12-6-13(4-3-11(12)5-10)16-8-14-9-17-14/h1-4,6-7,10,14H,5,8-9H2. The van der Waals surface area contributed by atoms with Crippen LogP contribution in [-0.2, 0) is 16.0 Å². The molecule has 3 heteroatoms. The molecule has 3 rings (SSSR count). The summed E-state index contributed by atoms with van der Waals surface area (Å²) in [6.07, 6.45) is 6.01. The van der Waals surface area contributed by atoms with Crippen LogP contribution >= 0.6 is 0 Å². The number of hydrogen-bond donors (Lipinski definition) is 0. The van der Waals surface area contributed by atoms with Crippen molar-refractivity contribution in [1.82, 2.24) is 0 Å². The van der Waals surface area contributed by atoms with Gasteiger partial charge in [0.2, 0.25) is 0 Å². The predicted octanol–water partition coefficient (Wildman–Crippen LogP) is 1.85. The highest BCUT2D eigenvalue weighted by molar-refractivity contribution is 5.67. The van der Waals surface area contributed by atoms with Gasteiger partial charge in [-0.25, -0.2) is 0 Å². The molecule has 88 valence electrons. The van der Waals surface area contributed by atoms with Crippen LogP contribution in [0.5, 0.6) is 5.75 Å². The number of allylic oxidation sites excluding steroid dienone is 1. The third kappa shape index (κ3) is 2.39. The Morgan fingerprint density at radius 1 is 1.47 bits per heavy atom. The number of aldehydes is 1. The smallest absolute Gasteiger partial charge is 0.127 e. The van der Waals surface area contributed by atoms with Crippen molar-refractivity contribution in [3.05, 3.63) is 35.4 Å². The average Bonchev–Trinajstić information content (AvgIpc) is 3.19. The molecule has 17 heavy (non-hydrogen) atoms. The van der Waals surface area contributed by atoms with E-state index in [-0.39, 0.29) is 12.0 Å². The monoisotopic (exact) mass is 230 g/mol. The third-order valence-electron chi connectivity index (χ3n) is 3.11. The van der Waals surface area contributed by atoms with Crippen molar-refractivity contribution in [2.45, 2.75) is 12.5 Å². The molecule has 0 spiro atoms. The van der Waals surface area contributed by atoms with Gasteiger partial charge in [-0.05, 0) is 29.7 Å². The van der Waals surface area contributed by atoms with Crippen LogP contribution in [-0.4, -0.2) is 25.6 Å². The van der Waals surface area contributed by atoms with E-state index in [1.165, 1.54) is 5.56 Å². The fourth-order valence-electron chi connectivity index (χ4n) is 2.00. The van der Waals surface area contributed by atoms with Gasteiger partial charge in [0, 0.05) is 5.92 Å². The van der Waals surface area contributed by atoms with Crippen LogP contribution in [0, 0.1) is 5.92 Å². The Balaban J connectivity index is 1.74. The summed E-state index contributed by atoms with van der Waals surface area (Å²) >= 11 is 0. The Morgan fingerprint density at radius 2 is 2.35 bits per heavy atom. The lowest BCUT2D eigenvalue weighted by atomic mass is 9.90. The Bertz CT molecular complexity index is 461. The Labute approximate surface area is 100 Å². The predicted molar refractivity (Wildman–Crippen MR) is 64.0 cm³/mol. The van der Waals surface area contributed by atoms with Crippen LogP contribution in [0.3, 0.4) is 0 Å². The van der Waals surface area contributed by atoms with Crippen molar-refractivity contribution in [1.29, 1.82) is 0 Å². The van der Waals surface area contributed by atoms with Crippen molar-refractivity contribution >= 4 is 12.4 Å². The summed E-state index contributed by atoms with van der Waals surface area (Å²) in [5, 5.41) is 0. The van der Waals surface area contributed by atoms with E-state index >= 15 is 0 Å². The van der Waals surface area contributed by atoms with E-state index in [0.29, 0.717) is 6.61 Å². The molecular formula is C14H14O3. The van der Waals surface area contributed by atoms with Crippen molar-refractivity contribution in [3.8, 4) is 5.75 Å². The number of fused-ring (bicyclic) bond motifs is 1. The third-order valence-corrected chi connectivity index (χ3v) is 3.11. The zero-order valence-electron chi connectivity index (χ0n) is 9.46. The van der Waals surface area contributed by atoms with Gasteiger partial charge in [0.15, 0.2) is 0 Å². The quantitative estimate of drug-likeness (QED) is 0.585. The van der Waals surface area contributed by atoms with Crippen LogP contribution in [0.1, 0.15) is 11.1 Å². The van der Waals surface area contributed by atoms with Crippen LogP contribution in [0.15, 0.2) is 24.3 Å². The second-order valence-corrected chi connectivity index (χ2v) is 4.49. The summed E-state index contributed by atoms with van der Waals surface area (Å²) in [5.74, 6) is 0.891. The van der Waals surface area contributed by atoms with E-state index in [1.807, 2.05) is 30.4 Å². The highest BCUT2D eigenvalue weighted by Crippen LogP contribution is 2.26. The lowest BCUT2D eigenvalue weighted by Crippen LogP contribution is -2.09. The van der Waals surface area contributed by atoms with Gasteiger partial charge in [0.05, 0.1) is 6.61 Å². The summed E-state index contributed by atoms with van der Waals surface area (Å²) in [6, 6.07) is 6.02. The highest BCUT2D eigenvalue weighted by Gasteiger charge is 2.23. The molecule has 0 N–H and O–H groups in total. The van der Waals surface area contributed by atoms with E-state index < -0.39 is 0 Å². The summed E-state index contributed by atoms with van der Waals surface area (Å²) < 4.78 is 10.7. The molecule has 1 aliphatic heterocycles. The number of carbonyl (C=O) groups is 1. The summed E-state index contributed by atoms with van der Waals surface area (Å²) in [7, 11) is 0. The Morgan fingerprint density at radius 3 is 3.12 bits per heavy atom. The maximum atomic E-state index is 10.7. The molecule has 2 aliphatic rings. The zero-order valence-corrected chi connectivity index (χ0v) is 9.46. The topological polar surface area (TPSA) is 38.8 Å². The first-order valence-corrected chi connectivity index (χ1v) is 5.86. The molecule has 1 fully saturated rings. The van der Waals surface area contributed by atoms with Crippen LogP contribution < -0.4 is 4.74 Å². The van der Waals surface area contributed by atoms with E-state index in [2.05, 4.69) is 0 Å². The van der Waals surface area contributed by atoms with Crippen molar-refractivity contribution < 1.29 is 14.3 Å². The largest absolute Gasteiger partial charge is 0.491 e. The minimum absolute atomic E-state index is 0.0223. The first-order chi connectivity index (χ1) is 8.35. The molecule has 1 heterocycles. The van der Waals surface area contributed by atoms with Gasteiger partial charge in [-0.1, -0.05) is 18.2 Å². The molecule has 0 radical (unpaired) electrons. The molecular weight excluding hydrogens is 216 g/mol. The Kier molecular flexibility index (Phi) is 2.69. The van der Waals surface area contributed by atoms with Crippen molar-refractivity contribution in [2.24, 2.45) is 5.92 Å². The zero-order chi connectivity index (χ0) is 11.7. The minimum atomic E-state index is 0.0223. The van der Waals surface area contributed by atoms with Crippen LogP contribution in [0.25, 0.3) is 6.08 Å². The molecule has 0 bridgehead atoms. The Hall–Kier alpha value is -1.61. The highest BCUT2D eigenvalue weighted by atomic mass is 16.6. The molecule has 3 nitrogen and oxygen atoms in total. The number of epoxide rings is 1.